The molecule has 0 aliphatic carbocycles. The Hall–Kier alpha value is -3.23. The van der Waals surface area contributed by atoms with Gasteiger partial charge in [-0.1, -0.05) is 32.0 Å². The quantitative estimate of drug-likeness (QED) is 0.560. The first-order valence-corrected chi connectivity index (χ1v) is 9.01. The largest absolute Gasteiger partial charge is 0.480 e. The lowest BCUT2D eigenvalue weighted by atomic mass is 10.0. The molecule has 9 nitrogen and oxygen atoms in total. The van der Waals surface area contributed by atoms with Crippen molar-refractivity contribution < 1.29 is 23.9 Å². The number of carboxylic acid groups (broad SMARTS) is 1. The number of hydrogen-bond donors (Lipinski definition) is 3. The Morgan fingerprint density at radius 1 is 1.11 bits per heavy atom. The van der Waals surface area contributed by atoms with Crippen molar-refractivity contribution in [2.24, 2.45) is 5.92 Å². The SMILES string of the molecule is CC(C)C[C@H](NC(=O)CNC(=O)CCc1nnc(-c2ccccc2)o1)C(=O)O. The van der Waals surface area contributed by atoms with Gasteiger partial charge in [0.05, 0.1) is 6.54 Å². The molecule has 1 heterocycles. The van der Waals surface area contributed by atoms with Crippen molar-refractivity contribution in [3.63, 3.8) is 0 Å². The van der Waals surface area contributed by atoms with Gasteiger partial charge in [0, 0.05) is 18.4 Å². The number of amides is 2. The average Bonchev–Trinajstić information content (AvgIpc) is 3.13. The van der Waals surface area contributed by atoms with E-state index in [1.54, 1.807) is 0 Å². The number of benzene rings is 1. The van der Waals surface area contributed by atoms with E-state index in [0.29, 0.717) is 18.2 Å². The minimum atomic E-state index is -1.10. The highest BCUT2D eigenvalue weighted by Crippen LogP contribution is 2.17. The van der Waals surface area contributed by atoms with Crippen molar-refractivity contribution in [1.82, 2.24) is 20.8 Å². The van der Waals surface area contributed by atoms with E-state index in [2.05, 4.69) is 20.8 Å². The molecular formula is C19H24N4O5. The molecule has 28 heavy (non-hydrogen) atoms. The van der Waals surface area contributed by atoms with Crippen LogP contribution < -0.4 is 10.6 Å². The summed E-state index contributed by atoms with van der Waals surface area (Å²) in [5, 5.41) is 21.8. The van der Waals surface area contributed by atoms with Crippen molar-refractivity contribution >= 4 is 17.8 Å². The van der Waals surface area contributed by atoms with Crippen LogP contribution in [0.4, 0.5) is 0 Å². The van der Waals surface area contributed by atoms with Crippen LogP contribution in [-0.2, 0) is 20.8 Å². The summed E-state index contributed by atoms with van der Waals surface area (Å²) < 4.78 is 5.51. The van der Waals surface area contributed by atoms with E-state index >= 15 is 0 Å². The summed E-state index contributed by atoms with van der Waals surface area (Å²) in [7, 11) is 0. The van der Waals surface area contributed by atoms with Gasteiger partial charge in [-0.2, -0.15) is 0 Å². The molecule has 0 unspecified atom stereocenters. The molecule has 0 saturated heterocycles. The third-order valence-corrected chi connectivity index (χ3v) is 3.84. The summed E-state index contributed by atoms with van der Waals surface area (Å²) in [4.78, 5) is 34.9. The standard InChI is InChI=1S/C19H24N4O5/c1-12(2)10-14(19(26)27)21-16(25)11-20-15(24)8-9-17-22-23-18(28-17)13-6-4-3-5-7-13/h3-7,12,14H,8-11H2,1-2H3,(H,20,24)(H,21,25)(H,26,27)/t14-/m0/s1. The number of aliphatic carboxylic acids is 1. The van der Waals surface area contributed by atoms with Crippen LogP contribution in [0.25, 0.3) is 11.5 Å². The van der Waals surface area contributed by atoms with Crippen LogP contribution in [0.1, 0.15) is 32.6 Å². The maximum absolute atomic E-state index is 11.9. The molecule has 2 amide bonds. The second-order valence-corrected chi connectivity index (χ2v) is 6.73. The Bertz CT molecular complexity index is 804. The molecule has 0 aliphatic rings. The van der Waals surface area contributed by atoms with Crippen LogP contribution in [-0.4, -0.2) is 45.7 Å². The van der Waals surface area contributed by atoms with Gasteiger partial charge in [0.2, 0.25) is 23.6 Å². The van der Waals surface area contributed by atoms with Gasteiger partial charge >= 0.3 is 5.97 Å². The first-order valence-electron chi connectivity index (χ1n) is 9.01. The Labute approximate surface area is 162 Å². The molecule has 0 fully saturated rings. The number of carbonyl (C=O) groups excluding carboxylic acids is 2. The summed E-state index contributed by atoms with van der Waals surface area (Å²) in [5.74, 6) is -1.21. The number of rotatable bonds is 10. The summed E-state index contributed by atoms with van der Waals surface area (Å²) in [5.41, 5.74) is 0.789. The van der Waals surface area contributed by atoms with Crippen molar-refractivity contribution in [2.45, 2.75) is 39.2 Å². The smallest absolute Gasteiger partial charge is 0.326 e. The summed E-state index contributed by atoms with van der Waals surface area (Å²) in [6.45, 7) is 3.44. The topological polar surface area (TPSA) is 134 Å². The second kappa shape index (κ2) is 10.2. The van der Waals surface area contributed by atoms with Crippen molar-refractivity contribution in [2.75, 3.05) is 6.54 Å². The first-order chi connectivity index (χ1) is 13.3. The molecule has 0 bridgehead atoms. The van der Waals surface area contributed by atoms with Crippen LogP contribution >= 0.6 is 0 Å². The normalized spacial score (nSPS) is 11.8. The molecule has 0 aliphatic heterocycles. The number of carbonyl (C=O) groups is 3. The van der Waals surface area contributed by atoms with E-state index in [9.17, 15) is 14.4 Å². The molecule has 1 atom stereocenters. The zero-order valence-corrected chi connectivity index (χ0v) is 15.8. The maximum Gasteiger partial charge on any atom is 0.326 e. The van der Waals surface area contributed by atoms with Crippen LogP contribution in [0, 0.1) is 5.92 Å². The molecule has 1 aromatic heterocycles. The predicted molar refractivity (Wildman–Crippen MR) is 100 cm³/mol. The molecule has 1 aromatic carbocycles. The molecule has 9 heteroatoms. The number of nitrogens with one attached hydrogen (secondary N) is 2. The third kappa shape index (κ3) is 6.82. The van der Waals surface area contributed by atoms with E-state index in [1.165, 1.54) is 0 Å². The van der Waals surface area contributed by atoms with Crippen molar-refractivity contribution in [1.29, 1.82) is 0 Å². The van der Waals surface area contributed by atoms with Gasteiger partial charge in [0.15, 0.2) is 0 Å². The fourth-order valence-electron chi connectivity index (χ4n) is 2.48. The minimum Gasteiger partial charge on any atom is -0.480 e. The van der Waals surface area contributed by atoms with E-state index in [4.69, 9.17) is 9.52 Å². The average molecular weight is 388 g/mol. The van der Waals surface area contributed by atoms with Crippen LogP contribution in [0.15, 0.2) is 34.7 Å². The fraction of sp³-hybridized carbons (Fsp3) is 0.421. The summed E-state index contributed by atoms with van der Waals surface area (Å²) in [6, 6.07) is 8.29. The minimum absolute atomic E-state index is 0.0675. The lowest BCUT2D eigenvalue weighted by Gasteiger charge is -2.16. The van der Waals surface area contributed by atoms with Gasteiger partial charge in [-0.15, -0.1) is 10.2 Å². The van der Waals surface area contributed by atoms with Crippen LogP contribution in [0.3, 0.4) is 0 Å². The number of carboxylic acids is 1. The molecule has 0 saturated carbocycles. The highest BCUT2D eigenvalue weighted by atomic mass is 16.4. The predicted octanol–water partition coefficient (Wildman–Crippen LogP) is 1.40. The van der Waals surface area contributed by atoms with Gasteiger partial charge < -0.3 is 20.2 Å². The van der Waals surface area contributed by atoms with Crippen LogP contribution in [0.5, 0.6) is 0 Å². The highest BCUT2D eigenvalue weighted by molar-refractivity contribution is 5.87. The number of aromatic nitrogens is 2. The molecule has 2 rings (SSSR count). The van der Waals surface area contributed by atoms with E-state index < -0.39 is 17.9 Å². The number of hydrogen-bond acceptors (Lipinski definition) is 6. The van der Waals surface area contributed by atoms with Gasteiger partial charge in [-0.3, -0.25) is 9.59 Å². The second-order valence-electron chi connectivity index (χ2n) is 6.73. The molecule has 2 aromatic rings. The Morgan fingerprint density at radius 2 is 1.82 bits per heavy atom. The van der Waals surface area contributed by atoms with E-state index in [-0.39, 0.29) is 31.2 Å². The van der Waals surface area contributed by atoms with E-state index in [1.807, 2.05) is 44.2 Å². The van der Waals surface area contributed by atoms with Gasteiger partial charge in [-0.05, 0) is 24.5 Å². The Morgan fingerprint density at radius 3 is 2.46 bits per heavy atom. The third-order valence-electron chi connectivity index (χ3n) is 3.84. The van der Waals surface area contributed by atoms with Gasteiger partial charge in [0.1, 0.15) is 6.04 Å². The van der Waals surface area contributed by atoms with Crippen molar-refractivity contribution in [3.05, 3.63) is 36.2 Å². The Kier molecular flexibility index (Phi) is 7.67. The molecule has 0 spiro atoms. The first kappa shape index (κ1) is 21.1. The lowest BCUT2D eigenvalue weighted by Crippen LogP contribution is -2.46. The van der Waals surface area contributed by atoms with Crippen LogP contribution in [0.2, 0.25) is 0 Å². The number of aryl methyl sites for hydroxylation is 1. The molecule has 150 valence electrons. The number of nitrogens with zero attached hydrogens (tertiary/aromatic N) is 2. The molecule has 0 radical (unpaired) electrons. The Balaban J connectivity index is 1.75. The summed E-state index contributed by atoms with van der Waals surface area (Å²) >= 11 is 0. The highest BCUT2D eigenvalue weighted by Gasteiger charge is 2.21. The zero-order chi connectivity index (χ0) is 20.5. The van der Waals surface area contributed by atoms with Crippen molar-refractivity contribution in [3.8, 4) is 11.5 Å². The van der Waals surface area contributed by atoms with Gasteiger partial charge in [0.25, 0.3) is 0 Å². The lowest BCUT2D eigenvalue weighted by molar-refractivity contribution is -0.142. The summed E-state index contributed by atoms with van der Waals surface area (Å²) in [6.07, 6.45) is 0.617. The zero-order valence-electron chi connectivity index (χ0n) is 15.8. The molecular weight excluding hydrogens is 364 g/mol. The maximum atomic E-state index is 11.9. The monoisotopic (exact) mass is 388 g/mol. The fourth-order valence-corrected chi connectivity index (χ4v) is 2.48. The molecule has 3 N–H and O–H groups in total. The van der Waals surface area contributed by atoms with E-state index in [0.717, 1.165) is 5.56 Å². The van der Waals surface area contributed by atoms with Gasteiger partial charge in [-0.25, -0.2) is 4.79 Å².